The van der Waals surface area contributed by atoms with Gasteiger partial charge in [-0.05, 0) is 36.2 Å². The molecule has 0 bridgehead atoms. The summed E-state index contributed by atoms with van der Waals surface area (Å²) >= 11 is 0. The lowest BCUT2D eigenvalue weighted by Crippen LogP contribution is -2.25. The maximum atomic E-state index is 12.3. The van der Waals surface area contributed by atoms with E-state index in [-0.39, 0.29) is 5.91 Å². The van der Waals surface area contributed by atoms with Crippen molar-refractivity contribution in [1.29, 1.82) is 0 Å². The Hall–Kier alpha value is -3.12. The predicted octanol–water partition coefficient (Wildman–Crippen LogP) is 3.00. The van der Waals surface area contributed by atoms with E-state index in [0.717, 1.165) is 36.8 Å². The van der Waals surface area contributed by atoms with Gasteiger partial charge in [0.25, 0.3) is 5.91 Å². The van der Waals surface area contributed by atoms with E-state index in [4.69, 9.17) is 4.74 Å². The molecule has 28 heavy (non-hydrogen) atoms. The lowest BCUT2D eigenvalue weighted by Gasteiger charge is -2.17. The Labute approximate surface area is 164 Å². The third-order valence-electron chi connectivity index (χ3n) is 4.87. The minimum Gasteiger partial charge on any atom is -0.379 e. The van der Waals surface area contributed by atoms with Crippen LogP contribution in [0.4, 0.5) is 5.69 Å². The highest BCUT2D eigenvalue weighted by molar-refractivity contribution is 5.94. The number of carbonyl (C=O) groups is 1. The van der Waals surface area contributed by atoms with E-state index in [2.05, 4.69) is 32.3 Å². The first-order valence-electron chi connectivity index (χ1n) is 9.57. The molecule has 144 valence electrons. The molecule has 0 saturated heterocycles. The van der Waals surface area contributed by atoms with Gasteiger partial charge in [0.1, 0.15) is 12.4 Å². The van der Waals surface area contributed by atoms with Crippen LogP contribution in [0.3, 0.4) is 0 Å². The van der Waals surface area contributed by atoms with Gasteiger partial charge in [-0.1, -0.05) is 30.3 Å². The molecule has 6 heteroatoms. The summed E-state index contributed by atoms with van der Waals surface area (Å²) in [6.45, 7) is 3.46. The first-order valence-corrected chi connectivity index (χ1v) is 9.57. The molecule has 4 rings (SSSR count). The van der Waals surface area contributed by atoms with Crippen LogP contribution in [0.15, 0.2) is 60.8 Å². The van der Waals surface area contributed by atoms with Gasteiger partial charge in [0.05, 0.1) is 25.0 Å². The van der Waals surface area contributed by atoms with Gasteiger partial charge in [-0.3, -0.25) is 4.79 Å². The highest BCUT2D eigenvalue weighted by Gasteiger charge is 2.14. The quantitative estimate of drug-likeness (QED) is 0.665. The molecule has 6 nitrogen and oxygen atoms in total. The molecule has 1 aliphatic heterocycles. The monoisotopic (exact) mass is 376 g/mol. The fraction of sp³-hybridized carbons (Fsp3) is 0.273. The third-order valence-corrected chi connectivity index (χ3v) is 4.87. The smallest absolute Gasteiger partial charge is 0.251 e. The number of nitrogens with zero attached hydrogens (tertiary/aromatic N) is 2. The Morgan fingerprint density at radius 3 is 2.75 bits per heavy atom. The van der Waals surface area contributed by atoms with Crippen molar-refractivity contribution in [2.45, 2.75) is 26.1 Å². The number of aromatic nitrogens is 2. The summed E-state index contributed by atoms with van der Waals surface area (Å²) in [6.07, 6.45) is 2.72. The van der Waals surface area contributed by atoms with Crippen molar-refractivity contribution in [3.8, 4) is 0 Å². The zero-order valence-corrected chi connectivity index (χ0v) is 15.7. The lowest BCUT2D eigenvalue weighted by molar-refractivity contribution is 0.0807. The highest BCUT2D eigenvalue weighted by Crippen LogP contribution is 2.15. The number of benzene rings is 2. The molecular weight excluding hydrogens is 352 g/mol. The van der Waals surface area contributed by atoms with Crippen LogP contribution in [0, 0.1) is 0 Å². The molecule has 0 unspecified atom stereocenters. The number of ether oxygens (including phenoxy) is 1. The van der Waals surface area contributed by atoms with E-state index in [1.165, 1.54) is 5.56 Å². The molecular formula is C22H24N4O2. The van der Waals surface area contributed by atoms with E-state index >= 15 is 0 Å². The normalized spacial score (nSPS) is 13.0. The molecule has 0 aliphatic carbocycles. The van der Waals surface area contributed by atoms with Crippen LogP contribution in [-0.2, 0) is 30.9 Å². The van der Waals surface area contributed by atoms with Gasteiger partial charge in [0, 0.05) is 24.3 Å². The minimum atomic E-state index is -0.0488. The third kappa shape index (κ3) is 4.40. The van der Waals surface area contributed by atoms with Gasteiger partial charge in [-0.2, -0.15) is 0 Å². The largest absolute Gasteiger partial charge is 0.379 e. The second-order valence-electron chi connectivity index (χ2n) is 6.79. The molecule has 0 atom stereocenters. The maximum absolute atomic E-state index is 12.3. The fourth-order valence-electron chi connectivity index (χ4n) is 3.30. The van der Waals surface area contributed by atoms with Gasteiger partial charge >= 0.3 is 0 Å². The van der Waals surface area contributed by atoms with Crippen molar-refractivity contribution in [1.82, 2.24) is 14.9 Å². The topological polar surface area (TPSA) is 68.2 Å². The van der Waals surface area contributed by atoms with Crippen LogP contribution in [0.1, 0.15) is 27.4 Å². The second kappa shape index (κ2) is 8.71. The van der Waals surface area contributed by atoms with Gasteiger partial charge < -0.3 is 19.9 Å². The Kier molecular flexibility index (Phi) is 5.68. The molecule has 0 saturated carbocycles. The molecule has 2 aromatic carbocycles. The highest BCUT2D eigenvalue weighted by atomic mass is 16.5. The summed E-state index contributed by atoms with van der Waals surface area (Å²) in [6, 6.07) is 17.7. The fourth-order valence-corrected chi connectivity index (χ4v) is 3.30. The Morgan fingerprint density at radius 2 is 1.93 bits per heavy atom. The minimum absolute atomic E-state index is 0.0488. The summed E-state index contributed by atoms with van der Waals surface area (Å²) in [5, 5.41) is 6.37. The molecule has 1 amide bonds. The molecule has 2 heterocycles. The number of amides is 1. The van der Waals surface area contributed by atoms with E-state index in [1.54, 1.807) is 0 Å². The summed E-state index contributed by atoms with van der Waals surface area (Å²) in [7, 11) is 0. The Balaban J connectivity index is 1.27. The summed E-state index contributed by atoms with van der Waals surface area (Å²) in [5.41, 5.74) is 4.00. The van der Waals surface area contributed by atoms with Crippen LogP contribution in [0.5, 0.6) is 0 Å². The first-order chi connectivity index (χ1) is 13.8. The Bertz CT molecular complexity index is 919. The zero-order valence-electron chi connectivity index (χ0n) is 15.7. The average molecular weight is 376 g/mol. The second-order valence-corrected chi connectivity index (χ2v) is 6.79. The van der Waals surface area contributed by atoms with Crippen molar-refractivity contribution >= 4 is 11.6 Å². The lowest BCUT2D eigenvalue weighted by atomic mass is 10.1. The van der Waals surface area contributed by atoms with Crippen molar-refractivity contribution in [2.75, 3.05) is 18.5 Å². The summed E-state index contributed by atoms with van der Waals surface area (Å²) < 4.78 is 7.62. The summed E-state index contributed by atoms with van der Waals surface area (Å²) in [5.74, 6) is 0.929. The molecule has 1 aromatic heterocycles. The summed E-state index contributed by atoms with van der Waals surface area (Å²) in [4.78, 5) is 16.7. The van der Waals surface area contributed by atoms with Crippen molar-refractivity contribution in [3.63, 3.8) is 0 Å². The Morgan fingerprint density at radius 1 is 1.11 bits per heavy atom. The van der Waals surface area contributed by atoms with Gasteiger partial charge in [-0.15, -0.1) is 0 Å². The van der Waals surface area contributed by atoms with E-state index < -0.39 is 0 Å². The number of nitrogens with one attached hydrogen (secondary N) is 2. The number of hydrogen-bond acceptors (Lipinski definition) is 4. The van der Waals surface area contributed by atoms with E-state index in [1.807, 2.05) is 48.7 Å². The molecule has 0 fully saturated rings. The molecule has 2 N–H and O–H groups in total. The SMILES string of the molecule is O=C(NCCc1ccccc1)c1ccc(NCc2cnc3n2CCOC3)cc1. The molecule has 1 aliphatic rings. The zero-order chi connectivity index (χ0) is 19.2. The number of anilines is 1. The van der Waals surface area contributed by atoms with Crippen LogP contribution >= 0.6 is 0 Å². The average Bonchev–Trinajstić information content (AvgIpc) is 3.16. The van der Waals surface area contributed by atoms with Gasteiger partial charge in [0.15, 0.2) is 0 Å². The molecule has 0 spiro atoms. The predicted molar refractivity (Wildman–Crippen MR) is 108 cm³/mol. The number of imidazole rings is 1. The maximum Gasteiger partial charge on any atom is 0.251 e. The van der Waals surface area contributed by atoms with E-state index in [9.17, 15) is 4.79 Å². The van der Waals surface area contributed by atoms with E-state index in [0.29, 0.717) is 25.3 Å². The van der Waals surface area contributed by atoms with Crippen molar-refractivity contribution in [3.05, 3.63) is 83.4 Å². The molecule has 3 aromatic rings. The molecule has 0 radical (unpaired) electrons. The van der Waals surface area contributed by atoms with Crippen LogP contribution < -0.4 is 10.6 Å². The number of hydrogen-bond donors (Lipinski definition) is 2. The van der Waals surface area contributed by atoms with Crippen LogP contribution in [0.25, 0.3) is 0 Å². The number of rotatable bonds is 7. The number of carbonyl (C=O) groups excluding carboxylic acids is 1. The van der Waals surface area contributed by atoms with Gasteiger partial charge in [0.2, 0.25) is 0 Å². The first kappa shape index (κ1) is 18.3. The number of fused-ring (bicyclic) bond motifs is 1. The standard InChI is InChI=1S/C22H24N4O2/c27-22(23-11-10-17-4-2-1-3-5-17)18-6-8-19(9-7-18)24-14-20-15-25-21-16-28-13-12-26(20)21/h1-9,15,24H,10-14,16H2,(H,23,27). The van der Waals surface area contributed by atoms with Crippen molar-refractivity contribution < 1.29 is 9.53 Å². The van der Waals surface area contributed by atoms with Crippen LogP contribution in [0.2, 0.25) is 0 Å². The van der Waals surface area contributed by atoms with Crippen LogP contribution in [-0.4, -0.2) is 28.6 Å². The van der Waals surface area contributed by atoms with Gasteiger partial charge in [-0.25, -0.2) is 4.98 Å². The van der Waals surface area contributed by atoms with Crippen molar-refractivity contribution in [2.24, 2.45) is 0 Å².